The van der Waals surface area contributed by atoms with Gasteiger partial charge in [-0.15, -0.1) is 0 Å². The summed E-state index contributed by atoms with van der Waals surface area (Å²) in [6.07, 6.45) is 4.26. The minimum atomic E-state index is -3.95. The zero-order valence-electron chi connectivity index (χ0n) is 21.0. The number of amides is 1. The Balaban J connectivity index is 1.99. The number of nitrogens with zero attached hydrogens (tertiary/aromatic N) is 1. The third-order valence-electron chi connectivity index (χ3n) is 5.91. The molecule has 11 nitrogen and oxygen atoms in total. The van der Waals surface area contributed by atoms with E-state index in [0.29, 0.717) is 12.8 Å². The van der Waals surface area contributed by atoms with Crippen LogP contribution in [0.3, 0.4) is 0 Å². The van der Waals surface area contributed by atoms with Gasteiger partial charge in [0, 0.05) is 37.2 Å². The number of esters is 2. The Hall–Kier alpha value is -2.57. The van der Waals surface area contributed by atoms with Crippen LogP contribution in [-0.4, -0.2) is 67.7 Å². The summed E-state index contributed by atoms with van der Waals surface area (Å²) < 4.78 is 40.3. The van der Waals surface area contributed by atoms with Gasteiger partial charge in [-0.2, -0.15) is 8.42 Å². The molecule has 2 rings (SSSR count). The second-order valence-electron chi connectivity index (χ2n) is 9.60. The first-order valence-electron chi connectivity index (χ1n) is 12.0. The molecule has 36 heavy (non-hydrogen) atoms. The van der Waals surface area contributed by atoms with E-state index in [4.69, 9.17) is 13.7 Å². The summed E-state index contributed by atoms with van der Waals surface area (Å²) in [5, 5.41) is 13.2. The highest BCUT2D eigenvalue weighted by molar-refractivity contribution is 7.86. The minimum Gasteiger partial charge on any atom is -0.423 e. The number of carbonyl (C=O) groups excluding carboxylic acids is 3. The summed E-state index contributed by atoms with van der Waals surface area (Å²) in [5.74, 6) is -2.57. The standard InChI is InChI=1S/C24H36N2O9S/c1-17(27)26-13-8-14-36(31,32)33-16-24(2,3)20(28)22(30)35-23(18-9-5-4-6-10-18)34-21(29)19-11-7-12-25-15-19/h7,11-12,15,18,20,23,28H,4-6,8-10,13-14,16H2,1-3H3,(H,26,27)/t20-,23?/m0/s1. The van der Waals surface area contributed by atoms with Gasteiger partial charge in [-0.05, 0) is 31.4 Å². The van der Waals surface area contributed by atoms with Crippen LogP contribution in [-0.2, 0) is 33.4 Å². The maximum Gasteiger partial charge on any atom is 0.342 e. The van der Waals surface area contributed by atoms with Crippen molar-refractivity contribution in [2.75, 3.05) is 18.9 Å². The molecule has 0 aromatic carbocycles. The van der Waals surface area contributed by atoms with Gasteiger partial charge < -0.3 is 19.9 Å². The molecule has 1 aromatic heterocycles. The van der Waals surface area contributed by atoms with E-state index < -0.39 is 46.5 Å². The topological polar surface area (TPSA) is 158 Å². The van der Waals surface area contributed by atoms with E-state index in [2.05, 4.69) is 10.3 Å². The molecule has 0 bridgehead atoms. The van der Waals surface area contributed by atoms with E-state index in [1.54, 1.807) is 6.07 Å². The SMILES string of the molecule is CC(=O)NCCCS(=O)(=O)OCC(C)(C)[C@@H](O)C(=O)OC(OC(=O)c1cccnc1)C1CCCCC1. The zero-order valence-corrected chi connectivity index (χ0v) is 21.8. The largest absolute Gasteiger partial charge is 0.423 e. The average molecular weight is 529 g/mol. The van der Waals surface area contributed by atoms with Crippen molar-refractivity contribution in [2.45, 2.75) is 71.7 Å². The molecule has 0 aliphatic heterocycles. The molecule has 1 heterocycles. The van der Waals surface area contributed by atoms with E-state index >= 15 is 0 Å². The molecule has 1 saturated carbocycles. The number of hydrogen-bond acceptors (Lipinski definition) is 10. The van der Waals surface area contributed by atoms with Gasteiger partial charge in [0.2, 0.25) is 5.91 Å². The number of ether oxygens (including phenoxy) is 2. The first kappa shape index (κ1) is 29.7. The van der Waals surface area contributed by atoms with Crippen LogP contribution < -0.4 is 5.32 Å². The molecule has 1 aliphatic carbocycles. The monoisotopic (exact) mass is 528 g/mol. The number of aliphatic hydroxyl groups is 1. The third kappa shape index (κ3) is 9.82. The minimum absolute atomic E-state index is 0.151. The normalized spacial score (nSPS) is 16.6. The molecule has 202 valence electrons. The maximum atomic E-state index is 12.8. The van der Waals surface area contributed by atoms with Crippen LogP contribution in [0.25, 0.3) is 0 Å². The van der Waals surface area contributed by atoms with Gasteiger partial charge in [-0.25, -0.2) is 9.59 Å². The van der Waals surface area contributed by atoms with Gasteiger partial charge in [-0.1, -0.05) is 33.1 Å². The summed E-state index contributed by atoms with van der Waals surface area (Å²) in [6, 6.07) is 3.11. The van der Waals surface area contributed by atoms with Crippen molar-refractivity contribution in [1.29, 1.82) is 0 Å². The van der Waals surface area contributed by atoms with E-state index in [9.17, 15) is 27.9 Å². The Morgan fingerprint density at radius 3 is 2.50 bits per heavy atom. The fraction of sp³-hybridized carbons (Fsp3) is 0.667. The van der Waals surface area contributed by atoms with Crippen LogP contribution in [0.15, 0.2) is 24.5 Å². The Kier molecular flexibility index (Phi) is 11.3. The molecular formula is C24H36N2O9S. The zero-order chi connectivity index (χ0) is 26.8. The molecule has 1 amide bonds. The Bertz CT molecular complexity index is 977. The molecule has 2 atom stereocenters. The molecule has 12 heteroatoms. The lowest BCUT2D eigenvalue weighted by Crippen LogP contribution is -2.44. The predicted molar refractivity (Wildman–Crippen MR) is 129 cm³/mol. The van der Waals surface area contributed by atoms with Crippen molar-refractivity contribution in [1.82, 2.24) is 10.3 Å². The molecule has 1 aromatic rings. The van der Waals surface area contributed by atoms with Gasteiger partial charge >= 0.3 is 11.9 Å². The Labute approximate surface area is 212 Å². The smallest absolute Gasteiger partial charge is 0.342 e. The highest BCUT2D eigenvalue weighted by Crippen LogP contribution is 2.31. The summed E-state index contributed by atoms with van der Waals surface area (Å²) >= 11 is 0. The first-order chi connectivity index (χ1) is 16.9. The van der Waals surface area contributed by atoms with Crippen molar-refractivity contribution in [3.05, 3.63) is 30.1 Å². The van der Waals surface area contributed by atoms with Crippen molar-refractivity contribution in [3.63, 3.8) is 0 Å². The van der Waals surface area contributed by atoms with Crippen LogP contribution in [0.5, 0.6) is 0 Å². The number of carbonyl (C=O) groups is 3. The van der Waals surface area contributed by atoms with Crippen LogP contribution in [0.1, 0.15) is 69.7 Å². The summed E-state index contributed by atoms with van der Waals surface area (Å²) in [7, 11) is -3.95. The Morgan fingerprint density at radius 2 is 1.89 bits per heavy atom. The van der Waals surface area contributed by atoms with Gasteiger partial charge in [0.05, 0.1) is 17.9 Å². The summed E-state index contributed by atoms with van der Waals surface area (Å²) in [4.78, 5) is 40.2. The van der Waals surface area contributed by atoms with Crippen LogP contribution in [0.4, 0.5) is 0 Å². The molecule has 1 fully saturated rings. The fourth-order valence-electron chi connectivity index (χ4n) is 3.67. The first-order valence-corrected chi connectivity index (χ1v) is 13.6. The maximum absolute atomic E-state index is 12.8. The number of aliphatic hydroxyl groups excluding tert-OH is 1. The lowest BCUT2D eigenvalue weighted by atomic mass is 9.87. The van der Waals surface area contributed by atoms with E-state index in [1.165, 1.54) is 39.2 Å². The Morgan fingerprint density at radius 1 is 1.19 bits per heavy atom. The lowest BCUT2D eigenvalue weighted by molar-refractivity contribution is -0.195. The molecule has 0 radical (unpaired) electrons. The molecule has 0 saturated heterocycles. The lowest BCUT2D eigenvalue weighted by Gasteiger charge is -2.32. The number of hydrogen-bond donors (Lipinski definition) is 2. The van der Waals surface area contributed by atoms with Crippen molar-refractivity contribution in [3.8, 4) is 0 Å². The number of aromatic nitrogens is 1. The number of rotatable bonds is 13. The van der Waals surface area contributed by atoms with Crippen molar-refractivity contribution in [2.24, 2.45) is 11.3 Å². The van der Waals surface area contributed by atoms with Crippen molar-refractivity contribution >= 4 is 28.0 Å². The highest BCUT2D eigenvalue weighted by Gasteiger charge is 2.40. The predicted octanol–water partition coefficient (Wildman–Crippen LogP) is 1.95. The van der Waals surface area contributed by atoms with Crippen molar-refractivity contribution < 1.29 is 41.6 Å². The molecule has 1 aliphatic rings. The summed E-state index contributed by atoms with van der Waals surface area (Å²) in [6.45, 7) is 3.95. The number of nitrogens with one attached hydrogen (secondary N) is 1. The third-order valence-corrected chi connectivity index (χ3v) is 7.17. The molecule has 1 unspecified atom stereocenters. The van der Waals surface area contributed by atoms with E-state index in [-0.39, 0.29) is 36.1 Å². The quantitative estimate of drug-likeness (QED) is 0.168. The van der Waals surface area contributed by atoms with Gasteiger partial charge in [0.25, 0.3) is 16.4 Å². The average Bonchev–Trinajstić information content (AvgIpc) is 2.85. The second kappa shape index (κ2) is 13.7. The fourth-order valence-corrected chi connectivity index (χ4v) is 4.77. The van der Waals surface area contributed by atoms with Crippen LogP contribution >= 0.6 is 0 Å². The van der Waals surface area contributed by atoms with Gasteiger partial charge in [0.1, 0.15) is 0 Å². The van der Waals surface area contributed by atoms with Crippen LogP contribution in [0.2, 0.25) is 0 Å². The summed E-state index contributed by atoms with van der Waals surface area (Å²) in [5.41, 5.74) is -1.13. The number of pyridine rings is 1. The molecule has 2 N–H and O–H groups in total. The second-order valence-corrected chi connectivity index (χ2v) is 11.4. The highest BCUT2D eigenvalue weighted by atomic mass is 32.2. The van der Waals surface area contributed by atoms with E-state index in [0.717, 1.165) is 19.3 Å². The van der Waals surface area contributed by atoms with Gasteiger partial charge in [-0.3, -0.25) is 14.0 Å². The van der Waals surface area contributed by atoms with E-state index in [1.807, 2.05) is 0 Å². The molecular weight excluding hydrogens is 492 g/mol. The van der Waals surface area contributed by atoms with Gasteiger partial charge in [0.15, 0.2) is 6.10 Å². The van der Waals surface area contributed by atoms with Crippen LogP contribution in [0, 0.1) is 11.3 Å². The molecule has 0 spiro atoms.